The lowest BCUT2D eigenvalue weighted by Crippen LogP contribution is -2.43. The van der Waals surface area contributed by atoms with E-state index in [1.165, 1.54) is 37.8 Å². The largest absolute Gasteiger partial charge is 0.389 e. The fourth-order valence-electron chi connectivity index (χ4n) is 3.84. The Bertz CT molecular complexity index is 285. The van der Waals surface area contributed by atoms with Gasteiger partial charge in [0.15, 0.2) is 0 Å². The Morgan fingerprint density at radius 2 is 1.90 bits per heavy atom. The molecule has 1 aliphatic rings. The predicted molar refractivity (Wildman–Crippen MR) is 89.8 cm³/mol. The third-order valence-electron chi connectivity index (χ3n) is 5.07. The summed E-state index contributed by atoms with van der Waals surface area (Å²) in [7, 11) is 4.52. The van der Waals surface area contributed by atoms with Crippen LogP contribution in [-0.4, -0.2) is 31.6 Å². The first-order chi connectivity index (χ1) is 9.45. The molecule has 1 rings (SSSR count). The molecule has 0 bridgehead atoms. The summed E-state index contributed by atoms with van der Waals surface area (Å²) in [4.78, 5) is 2.47. The van der Waals surface area contributed by atoms with Gasteiger partial charge < -0.3 is 10.2 Å². The van der Waals surface area contributed by atoms with E-state index in [0.717, 1.165) is 36.8 Å². The van der Waals surface area contributed by atoms with Gasteiger partial charge in [-0.05, 0) is 64.0 Å². The third-order valence-corrected chi connectivity index (χ3v) is 5.07. The molecule has 1 fully saturated rings. The molecular weight excluding hydrogens is 244 g/mol. The van der Waals surface area contributed by atoms with E-state index in [9.17, 15) is 0 Å². The Kier molecular flexibility index (Phi) is 7.65. The minimum Gasteiger partial charge on any atom is -0.389 e. The van der Waals surface area contributed by atoms with Gasteiger partial charge in [-0.3, -0.25) is 0 Å². The summed E-state index contributed by atoms with van der Waals surface area (Å²) in [6, 6.07) is 0.785. The number of nitrogens with zero attached hydrogens (tertiary/aromatic N) is 1. The van der Waals surface area contributed by atoms with Crippen LogP contribution in [0.4, 0.5) is 0 Å². The fraction of sp³-hybridized carbons (Fsp3) is 0.889. The second-order valence-electron chi connectivity index (χ2n) is 7.13. The monoisotopic (exact) mass is 280 g/mol. The maximum absolute atomic E-state index is 4.00. The molecular formula is C18H36N2. The highest BCUT2D eigenvalue weighted by Crippen LogP contribution is 2.38. The van der Waals surface area contributed by atoms with Crippen molar-refractivity contribution in [3.63, 3.8) is 0 Å². The summed E-state index contributed by atoms with van der Waals surface area (Å²) in [5.41, 5.74) is 1.18. The minimum atomic E-state index is 0.785. The summed E-state index contributed by atoms with van der Waals surface area (Å²) in [5.74, 6) is 2.66. The van der Waals surface area contributed by atoms with Crippen LogP contribution in [0.5, 0.6) is 0 Å². The normalized spacial score (nSPS) is 30.5. The topological polar surface area (TPSA) is 15.3 Å². The lowest BCUT2D eigenvalue weighted by atomic mass is 9.70. The first-order valence-electron chi connectivity index (χ1n) is 8.53. The zero-order valence-corrected chi connectivity index (χ0v) is 14.4. The van der Waals surface area contributed by atoms with E-state index in [1.807, 2.05) is 0 Å². The average Bonchev–Trinajstić information content (AvgIpc) is 2.39. The summed E-state index contributed by atoms with van der Waals surface area (Å²) in [6.07, 6.45) is 7.85. The Labute approximate surface area is 127 Å². The van der Waals surface area contributed by atoms with Gasteiger partial charge in [0.25, 0.3) is 0 Å². The molecule has 0 radical (unpaired) electrons. The van der Waals surface area contributed by atoms with Crippen LogP contribution in [0.25, 0.3) is 0 Å². The molecule has 4 atom stereocenters. The van der Waals surface area contributed by atoms with E-state index in [0.29, 0.717) is 0 Å². The van der Waals surface area contributed by atoms with E-state index in [2.05, 4.69) is 51.7 Å². The van der Waals surface area contributed by atoms with Crippen molar-refractivity contribution in [2.75, 3.05) is 20.6 Å². The highest BCUT2D eigenvalue weighted by atomic mass is 15.1. The number of allylic oxidation sites excluding steroid dienone is 1. The van der Waals surface area contributed by atoms with Crippen molar-refractivity contribution < 1.29 is 0 Å². The lowest BCUT2D eigenvalue weighted by Gasteiger charge is -2.43. The van der Waals surface area contributed by atoms with Crippen LogP contribution in [0.15, 0.2) is 12.3 Å². The smallest absolute Gasteiger partial charge is 0.0143 e. The Morgan fingerprint density at radius 3 is 2.50 bits per heavy atom. The molecule has 0 saturated heterocycles. The molecule has 1 N–H and O–H groups in total. The van der Waals surface area contributed by atoms with Crippen LogP contribution in [0.3, 0.4) is 0 Å². The van der Waals surface area contributed by atoms with Gasteiger partial charge in [-0.15, -0.1) is 0 Å². The zero-order valence-electron chi connectivity index (χ0n) is 14.4. The molecule has 1 aliphatic carbocycles. The molecule has 2 heteroatoms. The van der Waals surface area contributed by atoms with E-state index < -0.39 is 0 Å². The average molecular weight is 281 g/mol. The van der Waals surface area contributed by atoms with Gasteiger partial charge >= 0.3 is 0 Å². The highest BCUT2D eigenvalue weighted by molar-refractivity contribution is 4.89. The second-order valence-corrected chi connectivity index (χ2v) is 7.13. The number of nitrogens with one attached hydrogen (secondary N) is 1. The van der Waals surface area contributed by atoms with Crippen LogP contribution in [-0.2, 0) is 0 Å². The molecule has 0 aromatic rings. The van der Waals surface area contributed by atoms with Crippen LogP contribution in [0, 0.1) is 17.8 Å². The van der Waals surface area contributed by atoms with Crippen LogP contribution < -0.4 is 5.32 Å². The lowest BCUT2D eigenvalue weighted by molar-refractivity contribution is 0.0738. The van der Waals surface area contributed by atoms with Crippen molar-refractivity contribution in [2.45, 2.75) is 65.3 Å². The number of hydrogen-bond donors (Lipinski definition) is 1. The van der Waals surface area contributed by atoms with Crippen molar-refractivity contribution in [1.29, 1.82) is 0 Å². The third kappa shape index (κ3) is 5.47. The SMILES string of the molecule is C=C(CC)NCCCCC1C(C)C[C@H](C)C[C@@H]1N(C)C. The van der Waals surface area contributed by atoms with Crippen LogP contribution >= 0.6 is 0 Å². The highest BCUT2D eigenvalue weighted by Gasteiger charge is 2.34. The Morgan fingerprint density at radius 1 is 1.20 bits per heavy atom. The van der Waals surface area contributed by atoms with Crippen molar-refractivity contribution in [1.82, 2.24) is 10.2 Å². The molecule has 20 heavy (non-hydrogen) atoms. The quantitative estimate of drug-likeness (QED) is 0.668. The molecule has 0 heterocycles. The Hall–Kier alpha value is -0.500. The van der Waals surface area contributed by atoms with Crippen molar-refractivity contribution >= 4 is 0 Å². The number of unbranched alkanes of at least 4 members (excludes halogenated alkanes) is 1. The summed E-state index contributed by atoms with van der Waals surface area (Å²) >= 11 is 0. The second kappa shape index (κ2) is 8.71. The molecule has 2 unspecified atom stereocenters. The van der Waals surface area contributed by atoms with Crippen molar-refractivity contribution in [3.8, 4) is 0 Å². The number of rotatable bonds is 8. The van der Waals surface area contributed by atoms with Gasteiger partial charge in [0.2, 0.25) is 0 Å². The van der Waals surface area contributed by atoms with Gasteiger partial charge in [0.05, 0.1) is 0 Å². The van der Waals surface area contributed by atoms with Crippen LogP contribution in [0.1, 0.15) is 59.3 Å². The van der Waals surface area contributed by atoms with Gasteiger partial charge in [-0.25, -0.2) is 0 Å². The first-order valence-corrected chi connectivity index (χ1v) is 8.53. The molecule has 0 aliphatic heterocycles. The summed E-state index contributed by atoms with van der Waals surface area (Å²) < 4.78 is 0. The number of hydrogen-bond acceptors (Lipinski definition) is 2. The molecule has 0 spiro atoms. The maximum Gasteiger partial charge on any atom is 0.0143 e. The van der Waals surface area contributed by atoms with E-state index in [-0.39, 0.29) is 0 Å². The van der Waals surface area contributed by atoms with E-state index in [4.69, 9.17) is 0 Å². The molecule has 118 valence electrons. The van der Waals surface area contributed by atoms with Gasteiger partial charge in [-0.2, -0.15) is 0 Å². The maximum atomic E-state index is 4.00. The Balaban J connectivity index is 2.33. The molecule has 0 aromatic heterocycles. The van der Waals surface area contributed by atoms with Crippen molar-refractivity contribution in [2.24, 2.45) is 17.8 Å². The fourth-order valence-corrected chi connectivity index (χ4v) is 3.84. The molecule has 1 saturated carbocycles. The zero-order chi connectivity index (χ0) is 15.1. The van der Waals surface area contributed by atoms with Crippen LogP contribution in [0.2, 0.25) is 0 Å². The molecule has 2 nitrogen and oxygen atoms in total. The molecule has 0 aromatic carbocycles. The predicted octanol–water partition coefficient (Wildman–Crippen LogP) is 4.28. The van der Waals surface area contributed by atoms with Gasteiger partial charge in [0.1, 0.15) is 0 Å². The standard InChI is InChI=1S/C18H36N2/c1-7-16(4)19-11-9-8-10-17-15(3)12-14(2)13-18(17)20(5)6/h14-15,17-19H,4,7-13H2,1-3,5-6H3/t14-,15?,17?,18-/m0/s1. The van der Waals surface area contributed by atoms with Gasteiger partial charge in [-0.1, -0.05) is 33.8 Å². The summed E-state index contributed by atoms with van der Waals surface area (Å²) in [5, 5.41) is 3.42. The van der Waals surface area contributed by atoms with Gasteiger partial charge in [0, 0.05) is 18.3 Å². The molecule has 0 amide bonds. The van der Waals surface area contributed by atoms with Crippen molar-refractivity contribution in [3.05, 3.63) is 12.3 Å². The summed E-state index contributed by atoms with van der Waals surface area (Å²) in [6.45, 7) is 12.1. The minimum absolute atomic E-state index is 0.785. The first kappa shape index (κ1) is 17.6. The van der Waals surface area contributed by atoms with E-state index >= 15 is 0 Å². The van der Waals surface area contributed by atoms with E-state index in [1.54, 1.807) is 0 Å².